The predicted octanol–water partition coefficient (Wildman–Crippen LogP) is 4.27. The molecule has 2 aromatic rings. The third kappa shape index (κ3) is 5.27. The molecule has 0 fully saturated rings. The number of nitrogen functional groups attached to an aromatic ring is 1. The number of aromatic hydroxyl groups is 1. The highest BCUT2D eigenvalue weighted by atomic mass is 16.6. The number of nitrogens with two attached hydrogens (primary N) is 1. The first-order valence-corrected chi connectivity index (χ1v) is 10.7. The summed E-state index contributed by atoms with van der Waals surface area (Å²) in [6, 6.07) is 6.59. The fraction of sp³-hybridized carbons (Fsp3) is 0.400. The summed E-state index contributed by atoms with van der Waals surface area (Å²) >= 11 is 0. The minimum atomic E-state index is -0.611. The van der Waals surface area contributed by atoms with Crippen molar-refractivity contribution in [3.63, 3.8) is 0 Å². The van der Waals surface area contributed by atoms with Gasteiger partial charge < -0.3 is 35.1 Å². The Morgan fingerprint density at radius 3 is 2.36 bits per heavy atom. The number of alkyl carbamates (subject to hydrolysis) is 1. The van der Waals surface area contributed by atoms with Gasteiger partial charge in [0.25, 0.3) is 0 Å². The van der Waals surface area contributed by atoms with Crippen molar-refractivity contribution in [2.45, 2.75) is 45.3 Å². The standard InChI is InChI=1S/C25H32N2O6/c1-25(2,3)33-24(29)27-15-8-9-16-18(13-21(30-4)23(32-6)22(16)31-5)17(12-15)14-7-10-20(28)19(26)11-14/h7,10-13,15,28H,8-9,26H2,1-6H3,(H,27,29). The van der Waals surface area contributed by atoms with Crippen LogP contribution in [0.25, 0.3) is 5.57 Å². The first-order valence-electron chi connectivity index (χ1n) is 10.7. The lowest BCUT2D eigenvalue weighted by atomic mass is 9.92. The second kappa shape index (κ2) is 9.52. The summed E-state index contributed by atoms with van der Waals surface area (Å²) in [5.74, 6) is 1.59. The number of fused-ring (bicyclic) bond motifs is 1. The number of nitrogens with one attached hydrogen (secondary N) is 1. The Bertz CT molecular complexity index is 1070. The lowest BCUT2D eigenvalue weighted by Crippen LogP contribution is -2.38. The van der Waals surface area contributed by atoms with Crippen LogP contribution in [0, 0.1) is 0 Å². The Hall–Kier alpha value is -3.55. The fourth-order valence-corrected chi connectivity index (χ4v) is 3.93. The minimum absolute atomic E-state index is 0.00141. The average Bonchev–Trinajstić information content (AvgIpc) is 2.92. The van der Waals surface area contributed by atoms with Crippen molar-refractivity contribution < 1.29 is 28.8 Å². The van der Waals surface area contributed by atoms with E-state index in [4.69, 9.17) is 24.7 Å². The molecule has 33 heavy (non-hydrogen) atoms. The maximum Gasteiger partial charge on any atom is 0.408 e. The van der Waals surface area contributed by atoms with Crippen molar-refractivity contribution in [1.82, 2.24) is 5.32 Å². The maximum atomic E-state index is 12.5. The summed E-state index contributed by atoms with van der Waals surface area (Å²) in [6.45, 7) is 5.46. The molecule has 178 valence electrons. The van der Waals surface area contributed by atoms with E-state index >= 15 is 0 Å². The Kier molecular flexibility index (Phi) is 6.95. The fourth-order valence-electron chi connectivity index (χ4n) is 3.93. The van der Waals surface area contributed by atoms with Crippen molar-refractivity contribution in [1.29, 1.82) is 0 Å². The molecule has 1 unspecified atom stereocenters. The number of benzene rings is 2. The molecule has 0 saturated carbocycles. The van der Waals surface area contributed by atoms with Crippen LogP contribution in [-0.2, 0) is 11.2 Å². The van der Waals surface area contributed by atoms with Crippen LogP contribution < -0.4 is 25.3 Å². The lowest BCUT2D eigenvalue weighted by molar-refractivity contribution is 0.0513. The molecule has 2 aromatic carbocycles. The molecule has 8 heteroatoms. The Balaban J connectivity index is 2.17. The highest BCUT2D eigenvalue weighted by molar-refractivity contribution is 5.87. The van der Waals surface area contributed by atoms with E-state index in [2.05, 4.69) is 5.32 Å². The Morgan fingerprint density at radius 2 is 1.79 bits per heavy atom. The van der Waals surface area contributed by atoms with E-state index in [1.807, 2.05) is 32.9 Å². The normalized spacial score (nSPS) is 15.6. The van der Waals surface area contributed by atoms with Gasteiger partial charge in [-0.15, -0.1) is 0 Å². The van der Waals surface area contributed by atoms with Gasteiger partial charge in [-0.3, -0.25) is 0 Å². The minimum Gasteiger partial charge on any atom is -0.506 e. The second-order valence-electron chi connectivity index (χ2n) is 8.82. The molecule has 8 nitrogen and oxygen atoms in total. The molecule has 0 aromatic heterocycles. The highest BCUT2D eigenvalue weighted by Crippen LogP contribution is 2.47. The van der Waals surface area contributed by atoms with Gasteiger partial charge in [-0.25, -0.2) is 4.79 Å². The quantitative estimate of drug-likeness (QED) is 0.455. The molecule has 0 aliphatic heterocycles. The van der Waals surface area contributed by atoms with E-state index < -0.39 is 11.7 Å². The van der Waals surface area contributed by atoms with Crippen LogP contribution in [0.3, 0.4) is 0 Å². The molecule has 1 atom stereocenters. The molecule has 0 heterocycles. The number of anilines is 1. The van der Waals surface area contributed by atoms with Crippen molar-refractivity contribution in [3.8, 4) is 23.0 Å². The van der Waals surface area contributed by atoms with E-state index in [1.165, 1.54) is 0 Å². The van der Waals surface area contributed by atoms with Gasteiger partial charge in [0.15, 0.2) is 11.5 Å². The molecule has 1 aliphatic carbocycles. The summed E-state index contributed by atoms with van der Waals surface area (Å²) in [7, 11) is 4.71. The lowest BCUT2D eigenvalue weighted by Gasteiger charge is -2.22. The van der Waals surface area contributed by atoms with E-state index in [0.717, 1.165) is 22.3 Å². The van der Waals surface area contributed by atoms with Crippen LogP contribution in [0.5, 0.6) is 23.0 Å². The third-order valence-corrected chi connectivity index (χ3v) is 5.34. The predicted molar refractivity (Wildman–Crippen MR) is 127 cm³/mol. The maximum absolute atomic E-state index is 12.5. The first-order chi connectivity index (χ1) is 15.6. The van der Waals surface area contributed by atoms with E-state index in [-0.39, 0.29) is 17.5 Å². The van der Waals surface area contributed by atoms with Gasteiger partial charge >= 0.3 is 6.09 Å². The van der Waals surface area contributed by atoms with Gasteiger partial charge in [0.05, 0.1) is 33.1 Å². The summed E-state index contributed by atoms with van der Waals surface area (Å²) < 4.78 is 22.3. The van der Waals surface area contributed by atoms with Gasteiger partial charge in [-0.2, -0.15) is 0 Å². The average molecular weight is 457 g/mol. The van der Waals surface area contributed by atoms with Crippen molar-refractivity contribution >= 4 is 17.4 Å². The number of hydrogen-bond acceptors (Lipinski definition) is 7. The van der Waals surface area contributed by atoms with Crippen LogP contribution in [0.1, 0.15) is 43.9 Å². The molecule has 3 rings (SSSR count). The molecular weight excluding hydrogens is 424 g/mol. The number of phenolic OH excluding ortho intramolecular Hbond substituents is 1. The molecule has 1 amide bonds. The summed E-state index contributed by atoms with van der Waals surface area (Å²) in [5, 5.41) is 12.9. The molecule has 0 spiro atoms. The zero-order valence-electron chi connectivity index (χ0n) is 19.9. The monoisotopic (exact) mass is 456 g/mol. The van der Waals surface area contributed by atoms with Crippen LogP contribution >= 0.6 is 0 Å². The van der Waals surface area contributed by atoms with E-state index in [9.17, 15) is 9.90 Å². The smallest absolute Gasteiger partial charge is 0.408 e. The number of amides is 1. The summed E-state index contributed by atoms with van der Waals surface area (Å²) in [6.07, 6.45) is 2.68. The topological polar surface area (TPSA) is 112 Å². The van der Waals surface area contributed by atoms with Crippen LogP contribution in [0.15, 0.2) is 30.3 Å². The van der Waals surface area contributed by atoms with E-state index in [0.29, 0.717) is 30.1 Å². The summed E-state index contributed by atoms with van der Waals surface area (Å²) in [5.41, 5.74) is 9.01. The molecule has 1 aliphatic rings. The number of hydrogen-bond donors (Lipinski definition) is 3. The van der Waals surface area contributed by atoms with Crippen LogP contribution in [0.2, 0.25) is 0 Å². The molecule has 0 saturated heterocycles. The summed E-state index contributed by atoms with van der Waals surface area (Å²) in [4.78, 5) is 12.5. The van der Waals surface area contributed by atoms with Crippen molar-refractivity contribution in [3.05, 3.63) is 47.0 Å². The molecular formula is C25H32N2O6. The molecule has 0 bridgehead atoms. The number of ether oxygens (including phenoxy) is 4. The number of methoxy groups -OCH3 is 3. The largest absolute Gasteiger partial charge is 0.506 e. The second-order valence-corrected chi connectivity index (χ2v) is 8.82. The third-order valence-electron chi connectivity index (χ3n) is 5.34. The van der Waals surface area contributed by atoms with Crippen molar-refractivity contribution in [2.24, 2.45) is 0 Å². The van der Waals surface area contributed by atoms with Gasteiger partial charge in [-0.1, -0.05) is 12.1 Å². The number of rotatable bonds is 5. The van der Waals surface area contributed by atoms with Crippen LogP contribution in [0.4, 0.5) is 10.5 Å². The van der Waals surface area contributed by atoms with Gasteiger partial charge in [0, 0.05) is 5.56 Å². The SMILES string of the molecule is COc1cc2c(c(OC)c1OC)CCC(NC(=O)OC(C)(C)C)C=C2c1ccc(O)c(N)c1. The van der Waals surface area contributed by atoms with Gasteiger partial charge in [-0.05, 0) is 68.5 Å². The first kappa shape index (κ1) is 24.1. The number of carbonyl (C=O) groups is 1. The Labute approximate surface area is 194 Å². The van der Waals surface area contributed by atoms with Crippen LogP contribution in [-0.4, -0.2) is 44.2 Å². The molecule has 4 N–H and O–H groups in total. The van der Waals surface area contributed by atoms with E-state index in [1.54, 1.807) is 39.5 Å². The molecule has 0 radical (unpaired) electrons. The van der Waals surface area contributed by atoms with Gasteiger partial charge in [0.2, 0.25) is 5.75 Å². The zero-order chi connectivity index (χ0) is 24.3. The number of carbonyl (C=O) groups excluding carboxylic acids is 1. The van der Waals surface area contributed by atoms with Crippen molar-refractivity contribution in [2.75, 3.05) is 27.1 Å². The van der Waals surface area contributed by atoms with Gasteiger partial charge in [0.1, 0.15) is 11.4 Å². The zero-order valence-corrected chi connectivity index (χ0v) is 19.9. The number of phenols is 1. The highest BCUT2D eigenvalue weighted by Gasteiger charge is 2.28. The Morgan fingerprint density at radius 1 is 1.09 bits per heavy atom.